The Labute approximate surface area is 149 Å². The van der Waals surface area contributed by atoms with Crippen LogP contribution in [-0.4, -0.2) is 17.0 Å². The van der Waals surface area contributed by atoms with E-state index in [1.807, 2.05) is 6.07 Å². The van der Waals surface area contributed by atoms with Gasteiger partial charge in [-0.05, 0) is 43.3 Å². The lowest BCUT2D eigenvalue weighted by atomic mass is 10.1. The van der Waals surface area contributed by atoms with Gasteiger partial charge in [-0.2, -0.15) is 5.26 Å². The molecule has 3 rings (SSSR count). The minimum absolute atomic E-state index is 0.302. The van der Waals surface area contributed by atoms with Crippen LogP contribution in [0.25, 0.3) is 0 Å². The van der Waals surface area contributed by atoms with Crippen molar-refractivity contribution in [2.24, 2.45) is 0 Å². The summed E-state index contributed by atoms with van der Waals surface area (Å²) in [5.41, 5.74) is 1.57. The summed E-state index contributed by atoms with van der Waals surface area (Å²) in [6.45, 7) is 1.72. The van der Waals surface area contributed by atoms with Crippen molar-refractivity contribution in [3.05, 3.63) is 77.0 Å². The molecule has 0 aliphatic rings. The Morgan fingerprint density at radius 1 is 1.00 bits per heavy atom. The van der Waals surface area contributed by atoms with E-state index < -0.39 is 5.91 Å². The van der Waals surface area contributed by atoms with Crippen molar-refractivity contribution >= 4 is 23.3 Å². The van der Waals surface area contributed by atoms with Gasteiger partial charge in [0.05, 0.1) is 11.6 Å². The van der Waals surface area contributed by atoms with Crippen LogP contribution in [0.15, 0.2) is 59.1 Å². The molecule has 2 amide bonds. The molecule has 0 bridgehead atoms. The number of rotatable bonds is 4. The fraction of sp³-hybridized carbons (Fsp3) is 0.0526. The zero-order valence-corrected chi connectivity index (χ0v) is 13.8. The van der Waals surface area contributed by atoms with Gasteiger partial charge < -0.3 is 15.2 Å². The molecule has 0 spiro atoms. The molecule has 26 heavy (non-hydrogen) atoms. The maximum absolute atomic E-state index is 12.4. The first kappa shape index (κ1) is 16.9. The minimum atomic E-state index is -0.403. The van der Waals surface area contributed by atoms with Gasteiger partial charge in [0.25, 0.3) is 11.8 Å². The Balaban J connectivity index is 1.74. The highest BCUT2D eigenvalue weighted by atomic mass is 16.5. The smallest absolute Gasteiger partial charge is 0.256 e. The number of benzene rings is 2. The third kappa shape index (κ3) is 3.94. The van der Waals surface area contributed by atoms with E-state index in [0.717, 1.165) is 0 Å². The number of carbonyl (C=O) groups excluding carboxylic acids is 2. The fourth-order valence-electron chi connectivity index (χ4n) is 2.29. The first-order valence-electron chi connectivity index (χ1n) is 7.71. The summed E-state index contributed by atoms with van der Waals surface area (Å²) in [6.07, 6.45) is 0. The van der Waals surface area contributed by atoms with Crippen LogP contribution in [0.1, 0.15) is 32.0 Å². The second-order valence-corrected chi connectivity index (χ2v) is 5.50. The number of aryl methyl sites for hydroxylation is 1. The lowest BCUT2D eigenvalue weighted by molar-refractivity contribution is 0.102. The zero-order chi connectivity index (χ0) is 18.5. The van der Waals surface area contributed by atoms with Crippen LogP contribution in [0.2, 0.25) is 0 Å². The van der Waals surface area contributed by atoms with Crippen molar-refractivity contribution < 1.29 is 14.1 Å². The number of nitrogens with zero attached hydrogens (tertiary/aromatic N) is 2. The number of aromatic nitrogens is 1. The monoisotopic (exact) mass is 346 g/mol. The Bertz CT molecular complexity index is 1020. The molecule has 2 N–H and O–H groups in total. The highest BCUT2D eigenvalue weighted by molar-refractivity contribution is 6.08. The van der Waals surface area contributed by atoms with E-state index in [0.29, 0.717) is 34.0 Å². The number of hydrogen-bond acceptors (Lipinski definition) is 5. The second kappa shape index (κ2) is 7.32. The Hall–Kier alpha value is -3.92. The number of nitriles is 1. The quantitative estimate of drug-likeness (QED) is 0.753. The van der Waals surface area contributed by atoms with E-state index in [9.17, 15) is 9.59 Å². The molecule has 7 nitrogen and oxygen atoms in total. The third-order valence-electron chi connectivity index (χ3n) is 3.51. The molecule has 128 valence electrons. The zero-order valence-electron chi connectivity index (χ0n) is 13.8. The summed E-state index contributed by atoms with van der Waals surface area (Å²) in [4.78, 5) is 24.7. The Morgan fingerprint density at radius 2 is 1.69 bits per heavy atom. The number of anilines is 2. The molecular weight excluding hydrogens is 332 g/mol. The van der Waals surface area contributed by atoms with Gasteiger partial charge in [-0.25, -0.2) is 0 Å². The second-order valence-electron chi connectivity index (χ2n) is 5.50. The number of carbonyl (C=O) groups is 2. The lowest BCUT2D eigenvalue weighted by Crippen LogP contribution is -2.15. The highest BCUT2D eigenvalue weighted by Gasteiger charge is 2.12. The number of nitrogens with one attached hydrogen (secondary N) is 2. The largest absolute Gasteiger partial charge is 0.360 e. The molecule has 0 aliphatic heterocycles. The van der Waals surface area contributed by atoms with Crippen molar-refractivity contribution in [1.82, 2.24) is 5.16 Å². The van der Waals surface area contributed by atoms with Crippen LogP contribution < -0.4 is 10.6 Å². The summed E-state index contributed by atoms with van der Waals surface area (Å²) in [6, 6.07) is 16.5. The van der Waals surface area contributed by atoms with E-state index in [-0.39, 0.29) is 5.91 Å². The summed E-state index contributed by atoms with van der Waals surface area (Å²) >= 11 is 0. The van der Waals surface area contributed by atoms with Gasteiger partial charge in [0.15, 0.2) is 5.82 Å². The molecule has 0 saturated carbocycles. The molecule has 0 unspecified atom stereocenters. The molecule has 1 heterocycles. The molecule has 1 aromatic heterocycles. The van der Waals surface area contributed by atoms with Crippen molar-refractivity contribution in [3.8, 4) is 6.07 Å². The SMILES string of the molecule is Cc1cc(NC(=O)c2cccc(C(=O)Nc3cccc(C#N)c3)c2)no1. The highest BCUT2D eigenvalue weighted by Crippen LogP contribution is 2.14. The lowest BCUT2D eigenvalue weighted by Gasteiger charge is -2.07. The van der Waals surface area contributed by atoms with Crippen LogP contribution in [0, 0.1) is 18.3 Å². The van der Waals surface area contributed by atoms with Crippen molar-refractivity contribution in [2.45, 2.75) is 6.92 Å². The van der Waals surface area contributed by atoms with Gasteiger partial charge in [-0.1, -0.05) is 17.3 Å². The average molecular weight is 346 g/mol. The van der Waals surface area contributed by atoms with E-state index in [1.165, 1.54) is 6.07 Å². The van der Waals surface area contributed by atoms with Crippen LogP contribution in [0.5, 0.6) is 0 Å². The fourth-order valence-corrected chi connectivity index (χ4v) is 2.29. The summed E-state index contributed by atoms with van der Waals surface area (Å²) in [5.74, 6) is 0.0927. The van der Waals surface area contributed by atoms with E-state index >= 15 is 0 Å². The Kier molecular flexibility index (Phi) is 4.76. The predicted octanol–water partition coefficient (Wildman–Crippen LogP) is 3.36. The summed E-state index contributed by atoms with van der Waals surface area (Å²) in [7, 11) is 0. The van der Waals surface area contributed by atoms with Crippen molar-refractivity contribution in [1.29, 1.82) is 5.26 Å². The van der Waals surface area contributed by atoms with Crippen LogP contribution in [0.3, 0.4) is 0 Å². The van der Waals surface area contributed by atoms with Gasteiger partial charge in [0.2, 0.25) is 0 Å². The van der Waals surface area contributed by atoms with E-state index in [4.69, 9.17) is 9.78 Å². The number of hydrogen-bond donors (Lipinski definition) is 2. The molecule has 0 radical (unpaired) electrons. The first-order chi connectivity index (χ1) is 12.5. The van der Waals surface area contributed by atoms with Crippen LogP contribution in [0.4, 0.5) is 11.5 Å². The molecule has 0 atom stereocenters. The molecular formula is C19H14N4O3. The maximum atomic E-state index is 12.4. The molecule has 0 aliphatic carbocycles. The predicted molar refractivity (Wildman–Crippen MR) is 94.7 cm³/mol. The molecule has 2 aromatic carbocycles. The normalized spacial score (nSPS) is 10.0. The first-order valence-corrected chi connectivity index (χ1v) is 7.71. The van der Waals surface area contributed by atoms with Crippen LogP contribution >= 0.6 is 0 Å². The third-order valence-corrected chi connectivity index (χ3v) is 3.51. The van der Waals surface area contributed by atoms with Crippen LogP contribution in [-0.2, 0) is 0 Å². The van der Waals surface area contributed by atoms with Crippen molar-refractivity contribution in [3.63, 3.8) is 0 Å². The number of amides is 2. The van der Waals surface area contributed by atoms with Gasteiger partial charge in [-0.3, -0.25) is 9.59 Å². The molecule has 7 heteroatoms. The van der Waals surface area contributed by atoms with Gasteiger partial charge in [0.1, 0.15) is 5.76 Å². The standard InChI is InChI=1S/C19H14N4O3/c1-12-8-17(23-26-12)22-19(25)15-6-3-5-14(10-15)18(24)21-16-7-2-4-13(9-16)11-20/h2-10H,1H3,(H,21,24)(H,22,23,25). The Morgan fingerprint density at radius 3 is 2.35 bits per heavy atom. The van der Waals surface area contributed by atoms with Gasteiger partial charge >= 0.3 is 0 Å². The summed E-state index contributed by atoms with van der Waals surface area (Å²) in [5, 5.41) is 17.9. The van der Waals surface area contributed by atoms with Crippen molar-refractivity contribution in [2.75, 3.05) is 10.6 Å². The van der Waals surface area contributed by atoms with Gasteiger partial charge in [-0.15, -0.1) is 0 Å². The molecule has 0 saturated heterocycles. The summed E-state index contributed by atoms with van der Waals surface area (Å²) < 4.78 is 4.90. The minimum Gasteiger partial charge on any atom is -0.360 e. The van der Waals surface area contributed by atoms with E-state index in [2.05, 4.69) is 15.8 Å². The van der Waals surface area contributed by atoms with Gasteiger partial charge in [0, 0.05) is 22.9 Å². The average Bonchev–Trinajstić information content (AvgIpc) is 3.06. The molecule has 3 aromatic rings. The maximum Gasteiger partial charge on any atom is 0.256 e. The van der Waals surface area contributed by atoms with E-state index in [1.54, 1.807) is 55.5 Å². The topological polar surface area (TPSA) is 108 Å². The molecule has 0 fully saturated rings.